The molecule has 4 nitrogen and oxygen atoms in total. The fraction of sp³-hybridized carbons (Fsp3) is 0. The van der Waals surface area contributed by atoms with Crippen LogP contribution in [0.1, 0.15) is 5.56 Å². The van der Waals surface area contributed by atoms with Gasteiger partial charge in [0, 0.05) is 38.6 Å². The highest BCUT2D eigenvalue weighted by Gasteiger charge is 2.16. The van der Waals surface area contributed by atoms with Gasteiger partial charge >= 0.3 is 0 Å². The molecule has 8 rings (SSSR count). The van der Waals surface area contributed by atoms with Gasteiger partial charge in [-0.05, 0) is 71.8 Å². The number of hydrogen-bond donors (Lipinski definition) is 1. The molecule has 2 heterocycles. The van der Waals surface area contributed by atoms with Crippen LogP contribution >= 0.6 is 0 Å². The van der Waals surface area contributed by atoms with Gasteiger partial charge in [-0.3, -0.25) is 0 Å². The van der Waals surface area contributed by atoms with Crippen LogP contribution in [0, 0.1) is 11.3 Å². The molecule has 6 aromatic carbocycles. The van der Waals surface area contributed by atoms with E-state index in [9.17, 15) is 5.26 Å². The topological polar surface area (TPSA) is 59.7 Å². The van der Waals surface area contributed by atoms with Gasteiger partial charge in [0.2, 0.25) is 0 Å². The van der Waals surface area contributed by atoms with Crippen molar-refractivity contribution in [2.24, 2.45) is 0 Å². The van der Waals surface area contributed by atoms with Crippen molar-refractivity contribution in [1.29, 1.82) is 5.26 Å². The lowest BCUT2D eigenvalue weighted by Crippen LogP contribution is -1.98. The Hall–Kier alpha value is -5.79. The van der Waals surface area contributed by atoms with Crippen LogP contribution < -0.4 is 5.73 Å². The molecule has 4 heteroatoms. The Labute approximate surface area is 236 Å². The van der Waals surface area contributed by atoms with E-state index >= 15 is 0 Å². The molecule has 0 amide bonds. The summed E-state index contributed by atoms with van der Waals surface area (Å²) < 4.78 is 4.52. The number of nitriles is 1. The quantitative estimate of drug-likeness (QED) is 0.234. The third-order valence-corrected chi connectivity index (χ3v) is 8.00. The van der Waals surface area contributed by atoms with Crippen molar-refractivity contribution < 1.29 is 0 Å². The molecule has 0 aliphatic carbocycles. The van der Waals surface area contributed by atoms with E-state index in [1.54, 1.807) is 0 Å². The second-order valence-corrected chi connectivity index (χ2v) is 10.4. The molecule has 0 atom stereocenters. The molecule has 0 radical (unpaired) electrons. The van der Waals surface area contributed by atoms with Gasteiger partial charge in [0.25, 0.3) is 0 Å². The maximum absolute atomic E-state index is 10.1. The Bertz CT molecular complexity index is 2240. The Kier molecular flexibility index (Phi) is 5.01. The number of hydrogen-bond acceptors (Lipinski definition) is 2. The number of fused-ring (bicyclic) bond motifs is 6. The number of nitrogens with two attached hydrogens (primary N) is 1. The first-order chi connectivity index (χ1) is 20.2. The van der Waals surface area contributed by atoms with E-state index in [0.29, 0.717) is 11.3 Å². The zero-order valence-electron chi connectivity index (χ0n) is 22.1. The maximum atomic E-state index is 10.1. The fourth-order valence-electron chi connectivity index (χ4n) is 6.30. The number of nitrogens with zero attached hydrogens (tertiary/aromatic N) is 3. The highest BCUT2D eigenvalue weighted by molar-refractivity contribution is 6.10. The summed E-state index contributed by atoms with van der Waals surface area (Å²) in [5, 5.41) is 14.8. The largest absolute Gasteiger partial charge is 0.399 e. The van der Waals surface area contributed by atoms with E-state index in [1.807, 2.05) is 24.3 Å². The van der Waals surface area contributed by atoms with Crippen molar-refractivity contribution in [2.45, 2.75) is 0 Å². The van der Waals surface area contributed by atoms with E-state index in [1.165, 1.54) is 21.5 Å². The van der Waals surface area contributed by atoms with Crippen LogP contribution in [0.25, 0.3) is 66.1 Å². The summed E-state index contributed by atoms with van der Waals surface area (Å²) >= 11 is 0. The first-order valence-electron chi connectivity index (χ1n) is 13.6. The molecule has 41 heavy (non-hydrogen) atoms. The molecule has 2 aromatic heterocycles. The smallest absolute Gasteiger partial charge is 0.0992 e. The van der Waals surface area contributed by atoms with Crippen LogP contribution in [0.3, 0.4) is 0 Å². The number of rotatable bonds is 3. The molecule has 0 saturated heterocycles. The van der Waals surface area contributed by atoms with E-state index in [0.717, 1.165) is 44.6 Å². The SMILES string of the molecule is N#Cc1cc(-c2cc(N)cc(-n3c4ccccc4c4ccccc43)c2)cc(-n2c3ccccc3c3ccccc32)c1. The van der Waals surface area contributed by atoms with Crippen molar-refractivity contribution >= 4 is 49.3 Å². The molecular formula is C37H24N4. The zero-order valence-corrected chi connectivity index (χ0v) is 22.1. The molecule has 8 aromatic rings. The number of benzene rings is 6. The molecular weight excluding hydrogens is 500 g/mol. The van der Waals surface area contributed by atoms with Crippen LogP contribution in [0.2, 0.25) is 0 Å². The van der Waals surface area contributed by atoms with Gasteiger partial charge in [-0.2, -0.15) is 5.26 Å². The summed E-state index contributed by atoms with van der Waals surface area (Å²) in [6, 6.07) is 48.4. The second-order valence-electron chi connectivity index (χ2n) is 10.4. The van der Waals surface area contributed by atoms with Crippen molar-refractivity contribution in [3.8, 4) is 28.6 Å². The fourth-order valence-corrected chi connectivity index (χ4v) is 6.30. The molecule has 2 N–H and O–H groups in total. The predicted molar refractivity (Wildman–Crippen MR) is 170 cm³/mol. The number of para-hydroxylation sites is 4. The Morgan fingerprint density at radius 3 is 1.29 bits per heavy atom. The summed E-state index contributed by atoms with van der Waals surface area (Å²) in [6.45, 7) is 0. The summed E-state index contributed by atoms with van der Waals surface area (Å²) in [6.07, 6.45) is 0. The van der Waals surface area contributed by atoms with E-state index in [-0.39, 0.29) is 0 Å². The number of anilines is 1. The van der Waals surface area contributed by atoms with Gasteiger partial charge < -0.3 is 14.9 Å². The lowest BCUT2D eigenvalue weighted by Gasteiger charge is -2.14. The summed E-state index contributed by atoms with van der Waals surface area (Å²) in [7, 11) is 0. The lowest BCUT2D eigenvalue weighted by atomic mass is 10.0. The van der Waals surface area contributed by atoms with Crippen molar-refractivity contribution in [3.05, 3.63) is 139 Å². The van der Waals surface area contributed by atoms with Crippen LogP contribution in [0.4, 0.5) is 5.69 Å². The predicted octanol–water partition coefficient (Wildman–Crippen LogP) is 9.00. The summed E-state index contributed by atoms with van der Waals surface area (Å²) in [4.78, 5) is 0. The highest BCUT2D eigenvalue weighted by Crippen LogP contribution is 2.37. The number of aromatic nitrogens is 2. The van der Waals surface area contributed by atoms with Gasteiger partial charge in [-0.15, -0.1) is 0 Å². The normalized spacial score (nSPS) is 11.5. The van der Waals surface area contributed by atoms with Crippen molar-refractivity contribution in [3.63, 3.8) is 0 Å². The van der Waals surface area contributed by atoms with Crippen molar-refractivity contribution in [2.75, 3.05) is 5.73 Å². The average molecular weight is 525 g/mol. The van der Waals surface area contributed by atoms with Gasteiger partial charge in [-0.1, -0.05) is 72.8 Å². The lowest BCUT2D eigenvalue weighted by molar-refractivity contribution is 1.17. The minimum Gasteiger partial charge on any atom is -0.399 e. The third-order valence-electron chi connectivity index (χ3n) is 8.00. The molecule has 0 bridgehead atoms. The first kappa shape index (κ1) is 23.1. The third kappa shape index (κ3) is 3.53. The molecule has 0 aliphatic heterocycles. The Balaban J connectivity index is 1.38. The monoisotopic (exact) mass is 524 g/mol. The minimum atomic E-state index is 0.597. The Morgan fingerprint density at radius 1 is 0.463 bits per heavy atom. The molecule has 0 fully saturated rings. The van der Waals surface area contributed by atoms with Crippen LogP contribution in [0.5, 0.6) is 0 Å². The van der Waals surface area contributed by atoms with E-state index < -0.39 is 0 Å². The summed E-state index contributed by atoms with van der Waals surface area (Å²) in [5.74, 6) is 0. The van der Waals surface area contributed by atoms with Gasteiger partial charge in [0.1, 0.15) is 0 Å². The first-order valence-corrected chi connectivity index (χ1v) is 13.6. The van der Waals surface area contributed by atoms with Crippen LogP contribution in [-0.4, -0.2) is 9.13 Å². The maximum Gasteiger partial charge on any atom is 0.0992 e. The van der Waals surface area contributed by atoms with Crippen LogP contribution in [-0.2, 0) is 0 Å². The van der Waals surface area contributed by atoms with E-state index in [2.05, 4.69) is 124 Å². The van der Waals surface area contributed by atoms with Gasteiger partial charge in [0.05, 0.1) is 33.7 Å². The average Bonchev–Trinajstić information content (AvgIpc) is 3.54. The Morgan fingerprint density at radius 2 is 0.854 bits per heavy atom. The molecule has 0 aliphatic rings. The van der Waals surface area contributed by atoms with Crippen LogP contribution in [0.15, 0.2) is 133 Å². The molecule has 0 spiro atoms. The molecule has 0 saturated carbocycles. The molecule has 192 valence electrons. The van der Waals surface area contributed by atoms with Gasteiger partial charge in [0.15, 0.2) is 0 Å². The van der Waals surface area contributed by atoms with Crippen molar-refractivity contribution in [1.82, 2.24) is 9.13 Å². The zero-order chi connectivity index (χ0) is 27.5. The minimum absolute atomic E-state index is 0.597. The van der Waals surface area contributed by atoms with E-state index in [4.69, 9.17) is 5.73 Å². The molecule has 0 unspecified atom stereocenters. The standard InChI is InChI=1S/C37H24N4/c38-23-24-17-25(20-28(18-24)40-34-13-5-1-9-30(34)31-10-2-6-14-35(31)40)26-19-27(39)22-29(21-26)41-36-15-7-3-11-32(36)33-12-4-8-16-37(33)41/h1-22H,39H2. The number of nitrogen functional groups attached to an aromatic ring is 1. The second kappa shape index (κ2) is 8.87. The van der Waals surface area contributed by atoms with Gasteiger partial charge in [-0.25, -0.2) is 0 Å². The summed E-state index contributed by atoms with van der Waals surface area (Å²) in [5.41, 5.74) is 16.1. The highest BCUT2D eigenvalue weighted by atomic mass is 15.0.